The fraction of sp³-hybridized carbons (Fsp3) is 0.160. The van der Waals surface area contributed by atoms with Crippen molar-refractivity contribution in [2.75, 3.05) is 18.4 Å². The van der Waals surface area contributed by atoms with Gasteiger partial charge in [0.2, 0.25) is 10.0 Å². The topological polar surface area (TPSA) is 140 Å². The fourth-order valence-electron chi connectivity index (χ4n) is 4.19. The molecule has 13 heteroatoms. The maximum Gasteiger partial charge on any atom is 0.288 e. The van der Waals surface area contributed by atoms with Gasteiger partial charge in [-0.15, -0.1) is 0 Å². The molecule has 0 saturated carbocycles. The number of carbonyl (C=O) groups excluding carboxylic acids is 2. The van der Waals surface area contributed by atoms with Gasteiger partial charge in [-0.2, -0.15) is 4.31 Å². The predicted molar refractivity (Wildman–Crippen MR) is 144 cm³/mol. The van der Waals surface area contributed by atoms with Crippen molar-refractivity contribution < 1.29 is 22.9 Å². The van der Waals surface area contributed by atoms with Crippen LogP contribution in [0.25, 0.3) is 10.2 Å². The number of thiazole rings is 1. The Morgan fingerprint density at radius 1 is 1.03 bits per heavy atom. The maximum absolute atomic E-state index is 13.2. The Bertz CT molecular complexity index is 1710. The highest BCUT2D eigenvalue weighted by molar-refractivity contribution is 7.89. The minimum Gasteiger partial charge on any atom is -0.298 e. The number of nitrogens with zero attached hydrogens (tertiary/aromatic N) is 3. The molecule has 0 radical (unpaired) electrons. The van der Waals surface area contributed by atoms with Gasteiger partial charge in [0, 0.05) is 30.3 Å². The van der Waals surface area contributed by atoms with Crippen molar-refractivity contribution in [2.24, 2.45) is 0 Å². The molecule has 1 N–H and O–H groups in total. The molecule has 0 aliphatic carbocycles. The summed E-state index contributed by atoms with van der Waals surface area (Å²) in [5, 5.41) is 14.0. The molecule has 0 atom stereocenters. The average Bonchev–Trinajstić information content (AvgIpc) is 3.58. The molecule has 0 unspecified atom stereocenters. The van der Waals surface area contributed by atoms with E-state index < -0.39 is 32.3 Å². The van der Waals surface area contributed by atoms with E-state index in [4.69, 9.17) is 11.6 Å². The Balaban J connectivity index is 1.41. The fourth-order valence-corrected chi connectivity index (χ4v) is 6.89. The average molecular weight is 571 g/mol. The van der Waals surface area contributed by atoms with Gasteiger partial charge in [0.25, 0.3) is 11.6 Å². The largest absolute Gasteiger partial charge is 0.298 e. The molecular formula is C25H19ClN4O6S2. The summed E-state index contributed by atoms with van der Waals surface area (Å²) in [6.45, 7) is 0.984. The van der Waals surface area contributed by atoms with Crippen molar-refractivity contribution >= 4 is 65.7 Å². The van der Waals surface area contributed by atoms with E-state index in [9.17, 15) is 28.1 Å². The minimum absolute atomic E-state index is 0.00748. The number of nitro benzene ring substituents is 1. The summed E-state index contributed by atoms with van der Waals surface area (Å²) in [5.41, 5.74) is 0.199. The number of amides is 1. The lowest BCUT2D eigenvalue weighted by atomic mass is 9.97. The van der Waals surface area contributed by atoms with Crippen LogP contribution >= 0.6 is 22.9 Å². The Kier molecular flexibility index (Phi) is 6.97. The molecule has 1 amide bonds. The molecule has 0 bridgehead atoms. The standard InChI is InChI=1S/C25H19ClN4O6S2/c26-19-9-7-15(13-21(19)30(33)34)23(31)17-5-1-2-6-18(17)24(32)28-25-27-20-10-8-16(14-22(20)37-25)38(35,36)29-11-3-4-12-29/h1-2,5-10,13-14H,3-4,11-12H2,(H,27,28,32). The molecule has 5 rings (SSSR count). The molecule has 2 heterocycles. The van der Waals surface area contributed by atoms with Gasteiger partial charge in [-0.05, 0) is 49.2 Å². The zero-order valence-corrected chi connectivity index (χ0v) is 22.0. The number of nitro groups is 1. The summed E-state index contributed by atoms with van der Waals surface area (Å²) in [5.74, 6) is -1.20. The second kappa shape index (κ2) is 10.2. The van der Waals surface area contributed by atoms with Crippen molar-refractivity contribution in [3.63, 3.8) is 0 Å². The number of hydrogen-bond donors (Lipinski definition) is 1. The number of ketones is 1. The van der Waals surface area contributed by atoms with E-state index in [-0.39, 0.29) is 31.7 Å². The number of halogens is 1. The SMILES string of the molecule is O=C(Nc1nc2ccc(S(=O)(=O)N3CCCC3)cc2s1)c1ccccc1C(=O)c1ccc(Cl)c([N+](=O)[O-])c1. The number of benzene rings is 3. The molecule has 38 heavy (non-hydrogen) atoms. The molecule has 194 valence electrons. The number of carbonyl (C=O) groups is 2. The molecule has 1 saturated heterocycles. The first-order valence-corrected chi connectivity index (χ1v) is 14.1. The highest BCUT2D eigenvalue weighted by Gasteiger charge is 2.28. The van der Waals surface area contributed by atoms with Crippen molar-refractivity contribution in [1.82, 2.24) is 9.29 Å². The van der Waals surface area contributed by atoms with Crippen molar-refractivity contribution in [2.45, 2.75) is 17.7 Å². The highest BCUT2D eigenvalue weighted by Crippen LogP contribution is 2.31. The van der Waals surface area contributed by atoms with Gasteiger partial charge < -0.3 is 0 Å². The summed E-state index contributed by atoms with van der Waals surface area (Å²) in [6, 6.07) is 14.4. The lowest BCUT2D eigenvalue weighted by Gasteiger charge is -2.15. The number of rotatable bonds is 7. The quantitative estimate of drug-likeness (QED) is 0.185. The summed E-state index contributed by atoms with van der Waals surface area (Å²) in [7, 11) is -3.60. The molecule has 1 fully saturated rings. The minimum atomic E-state index is -3.60. The summed E-state index contributed by atoms with van der Waals surface area (Å²) >= 11 is 6.97. The van der Waals surface area contributed by atoms with Crippen LogP contribution in [0.3, 0.4) is 0 Å². The molecule has 1 aliphatic heterocycles. The molecule has 1 aliphatic rings. The molecule has 0 spiro atoms. The molecule has 1 aromatic heterocycles. The van der Waals surface area contributed by atoms with Crippen LogP contribution in [-0.4, -0.2) is 47.4 Å². The molecule has 3 aromatic carbocycles. The molecular weight excluding hydrogens is 552 g/mol. The lowest BCUT2D eigenvalue weighted by Crippen LogP contribution is -2.27. The Hall–Kier alpha value is -3.71. The van der Waals surface area contributed by atoms with Gasteiger partial charge in [0.1, 0.15) is 5.02 Å². The summed E-state index contributed by atoms with van der Waals surface area (Å²) in [6.07, 6.45) is 1.66. The first-order valence-electron chi connectivity index (χ1n) is 11.4. The molecule has 4 aromatic rings. The Labute approximate surface area is 226 Å². The predicted octanol–water partition coefficient (Wildman–Crippen LogP) is 5.13. The van der Waals surface area contributed by atoms with Gasteiger partial charge in [0.15, 0.2) is 10.9 Å². The number of fused-ring (bicyclic) bond motifs is 1. The zero-order valence-electron chi connectivity index (χ0n) is 19.6. The van der Waals surface area contributed by atoms with E-state index in [1.165, 1.54) is 34.6 Å². The van der Waals surface area contributed by atoms with Crippen LogP contribution in [0.2, 0.25) is 5.02 Å². The van der Waals surface area contributed by atoms with Gasteiger partial charge in [-0.3, -0.25) is 25.0 Å². The number of anilines is 1. The van der Waals surface area contributed by atoms with Crippen LogP contribution < -0.4 is 5.32 Å². The van der Waals surface area contributed by atoms with Crippen LogP contribution in [0, 0.1) is 10.1 Å². The normalized spacial score (nSPS) is 14.0. The third-order valence-electron chi connectivity index (χ3n) is 6.10. The molecule has 10 nitrogen and oxygen atoms in total. The van der Waals surface area contributed by atoms with E-state index in [0.29, 0.717) is 23.3 Å². The van der Waals surface area contributed by atoms with Crippen LogP contribution in [0.15, 0.2) is 65.6 Å². The number of sulfonamides is 1. The first kappa shape index (κ1) is 25.9. The van der Waals surface area contributed by atoms with Gasteiger partial charge >= 0.3 is 0 Å². The second-order valence-electron chi connectivity index (χ2n) is 8.51. The summed E-state index contributed by atoms with van der Waals surface area (Å²) < 4.78 is 27.9. The lowest BCUT2D eigenvalue weighted by molar-refractivity contribution is -0.384. The van der Waals surface area contributed by atoms with Crippen molar-refractivity contribution in [1.29, 1.82) is 0 Å². The third kappa shape index (κ3) is 4.90. The Morgan fingerprint density at radius 3 is 2.45 bits per heavy atom. The zero-order chi connectivity index (χ0) is 27.0. The Morgan fingerprint density at radius 2 is 1.74 bits per heavy atom. The van der Waals surface area contributed by atoms with E-state index in [1.807, 2.05) is 0 Å². The maximum atomic E-state index is 13.2. The van der Waals surface area contributed by atoms with E-state index in [1.54, 1.807) is 24.3 Å². The van der Waals surface area contributed by atoms with Crippen molar-refractivity contribution in [3.05, 3.63) is 92.5 Å². The monoisotopic (exact) mass is 570 g/mol. The van der Waals surface area contributed by atoms with E-state index in [2.05, 4.69) is 10.3 Å². The number of hydrogen-bond acceptors (Lipinski definition) is 8. The van der Waals surface area contributed by atoms with Crippen LogP contribution in [0.1, 0.15) is 39.1 Å². The van der Waals surface area contributed by atoms with Crippen LogP contribution in [-0.2, 0) is 10.0 Å². The number of aromatic nitrogens is 1. The highest BCUT2D eigenvalue weighted by atomic mass is 35.5. The van der Waals surface area contributed by atoms with E-state index in [0.717, 1.165) is 30.2 Å². The first-order chi connectivity index (χ1) is 18.1. The van der Waals surface area contributed by atoms with Crippen molar-refractivity contribution in [3.8, 4) is 0 Å². The van der Waals surface area contributed by atoms with Crippen LogP contribution in [0.5, 0.6) is 0 Å². The van der Waals surface area contributed by atoms with E-state index >= 15 is 0 Å². The number of nitrogens with one attached hydrogen (secondary N) is 1. The van der Waals surface area contributed by atoms with Gasteiger partial charge in [-0.1, -0.05) is 41.1 Å². The smallest absolute Gasteiger partial charge is 0.288 e. The van der Waals surface area contributed by atoms with Gasteiger partial charge in [0.05, 0.1) is 25.6 Å². The second-order valence-corrected chi connectivity index (χ2v) is 11.9. The summed E-state index contributed by atoms with van der Waals surface area (Å²) in [4.78, 5) is 41.4. The van der Waals surface area contributed by atoms with Gasteiger partial charge in [-0.25, -0.2) is 13.4 Å². The third-order valence-corrected chi connectivity index (χ3v) is 9.25. The van der Waals surface area contributed by atoms with Crippen LogP contribution in [0.4, 0.5) is 10.8 Å².